The van der Waals surface area contributed by atoms with Crippen molar-refractivity contribution in [3.8, 4) is 22.6 Å². The number of benzene rings is 4. The van der Waals surface area contributed by atoms with E-state index in [-0.39, 0.29) is 30.6 Å². The summed E-state index contributed by atoms with van der Waals surface area (Å²) in [6, 6.07) is 29.3. The van der Waals surface area contributed by atoms with Crippen LogP contribution in [0.25, 0.3) is 11.1 Å². The Morgan fingerprint density at radius 2 is 1.61 bits per heavy atom. The SMILES string of the molecule is COCCCN(C[C@]1(O)CC[C@H]2c3ccc(cc3C(=O)c3ccccc3-c3ccccc3)C[C@@H](O)CCC(C)=CCC[C@@]21C)C(=O)Cc1ccc(OC)c(OC)c1. The lowest BCUT2D eigenvalue weighted by atomic mass is 9.64. The van der Waals surface area contributed by atoms with E-state index in [1.807, 2.05) is 83.8 Å². The van der Waals surface area contributed by atoms with Gasteiger partial charge in [0.15, 0.2) is 17.3 Å². The van der Waals surface area contributed by atoms with E-state index in [0.717, 1.165) is 40.7 Å². The predicted octanol–water partition coefficient (Wildman–Crippen LogP) is 8.75. The van der Waals surface area contributed by atoms with Gasteiger partial charge in [-0.05, 0) is 110 Å². The van der Waals surface area contributed by atoms with Crippen LogP contribution in [-0.2, 0) is 22.4 Å². The van der Waals surface area contributed by atoms with Crippen LogP contribution in [0, 0.1) is 5.41 Å². The van der Waals surface area contributed by atoms with Crippen LogP contribution in [0.3, 0.4) is 0 Å². The number of hydrogen-bond donors (Lipinski definition) is 2. The first-order valence-electron chi connectivity index (χ1n) is 20.4. The lowest BCUT2D eigenvalue weighted by Gasteiger charge is -2.46. The largest absolute Gasteiger partial charge is 0.493 e. The maximum absolute atomic E-state index is 15.0. The monoisotopic (exact) mass is 773 g/mol. The Labute approximate surface area is 338 Å². The van der Waals surface area contributed by atoms with Gasteiger partial charge in [0.25, 0.3) is 0 Å². The van der Waals surface area contributed by atoms with Gasteiger partial charge in [-0.15, -0.1) is 0 Å². The van der Waals surface area contributed by atoms with Crippen molar-refractivity contribution < 1.29 is 34.0 Å². The first-order chi connectivity index (χ1) is 27.5. The molecule has 7 rings (SSSR count). The Morgan fingerprint density at radius 3 is 2.37 bits per heavy atom. The summed E-state index contributed by atoms with van der Waals surface area (Å²) in [7, 11) is 4.81. The number of fused-ring (bicyclic) bond motifs is 8. The highest BCUT2D eigenvalue weighted by atomic mass is 16.5. The number of rotatable bonds is 13. The molecule has 4 aromatic rings. The first-order valence-corrected chi connectivity index (χ1v) is 20.4. The molecule has 3 aliphatic rings. The number of hydrogen-bond acceptors (Lipinski definition) is 7. The van der Waals surface area contributed by atoms with E-state index in [4.69, 9.17) is 14.2 Å². The van der Waals surface area contributed by atoms with Gasteiger partial charge in [-0.25, -0.2) is 0 Å². The molecule has 1 amide bonds. The number of allylic oxidation sites excluding steroid dienone is 2. The highest BCUT2D eigenvalue weighted by Gasteiger charge is 2.57. The number of aliphatic hydroxyl groups excluding tert-OH is 1. The third-order valence-electron chi connectivity index (χ3n) is 12.6. The molecule has 0 heterocycles. The molecule has 0 radical (unpaired) electrons. The zero-order chi connectivity index (χ0) is 40.6. The van der Waals surface area contributed by atoms with Crippen LogP contribution in [-0.4, -0.2) is 79.5 Å². The van der Waals surface area contributed by atoms with E-state index in [0.29, 0.717) is 74.3 Å². The summed E-state index contributed by atoms with van der Waals surface area (Å²) in [5.41, 5.74) is 4.90. The van der Waals surface area contributed by atoms with E-state index < -0.39 is 17.1 Å². The Kier molecular flexibility index (Phi) is 13.7. The average molecular weight is 774 g/mol. The van der Waals surface area contributed by atoms with Crippen molar-refractivity contribution >= 4 is 11.7 Å². The minimum Gasteiger partial charge on any atom is -0.493 e. The first kappa shape index (κ1) is 41.9. The van der Waals surface area contributed by atoms with Crippen LogP contribution in [0.2, 0.25) is 0 Å². The molecule has 0 unspecified atom stereocenters. The molecule has 0 aliphatic heterocycles. The Hall–Kier alpha value is -4.76. The minimum absolute atomic E-state index is 0.0762. The summed E-state index contributed by atoms with van der Waals surface area (Å²) >= 11 is 0. The maximum Gasteiger partial charge on any atom is 0.227 e. The zero-order valence-electron chi connectivity index (χ0n) is 34.3. The number of methoxy groups -OCH3 is 3. The van der Waals surface area contributed by atoms with Gasteiger partial charge in [-0.1, -0.05) is 91.4 Å². The van der Waals surface area contributed by atoms with Gasteiger partial charge < -0.3 is 29.3 Å². The highest BCUT2D eigenvalue weighted by molar-refractivity contribution is 6.13. The third kappa shape index (κ3) is 9.35. The minimum atomic E-state index is -1.26. The van der Waals surface area contributed by atoms with Gasteiger partial charge >= 0.3 is 0 Å². The molecule has 0 aromatic heterocycles. The van der Waals surface area contributed by atoms with Crippen LogP contribution in [0.4, 0.5) is 0 Å². The molecule has 4 atom stereocenters. The van der Waals surface area contributed by atoms with Crippen molar-refractivity contribution in [2.75, 3.05) is 41.0 Å². The molecule has 1 saturated carbocycles. The van der Waals surface area contributed by atoms with Crippen molar-refractivity contribution in [2.24, 2.45) is 5.41 Å². The fourth-order valence-corrected chi connectivity index (χ4v) is 9.18. The lowest BCUT2D eigenvalue weighted by Crippen LogP contribution is -2.54. The molecule has 8 heteroatoms. The van der Waals surface area contributed by atoms with E-state index in [2.05, 4.69) is 26.0 Å². The quantitative estimate of drug-likeness (QED) is 0.0796. The molecule has 2 bridgehead atoms. The summed E-state index contributed by atoms with van der Waals surface area (Å²) in [6.45, 7) is 5.34. The molecule has 57 heavy (non-hydrogen) atoms. The molecule has 1 fully saturated rings. The average Bonchev–Trinajstić information content (AvgIpc) is 3.47. The van der Waals surface area contributed by atoms with Gasteiger partial charge in [0.05, 0.1) is 32.3 Å². The van der Waals surface area contributed by atoms with E-state index >= 15 is 4.79 Å². The molecule has 8 nitrogen and oxygen atoms in total. The van der Waals surface area contributed by atoms with Crippen molar-refractivity contribution in [1.29, 1.82) is 0 Å². The van der Waals surface area contributed by atoms with Crippen molar-refractivity contribution in [3.05, 3.63) is 130 Å². The van der Waals surface area contributed by atoms with E-state index in [9.17, 15) is 15.0 Å². The number of carbonyl (C=O) groups excluding carboxylic acids is 2. The second-order valence-corrected chi connectivity index (χ2v) is 16.2. The normalized spacial score (nSPS) is 22.3. The van der Waals surface area contributed by atoms with Crippen molar-refractivity contribution in [3.63, 3.8) is 0 Å². The van der Waals surface area contributed by atoms with E-state index in [1.54, 1.807) is 27.4 Å². The maximum atomic E-state index is 15.0. The number of ketones is 1. The molecule has 0 spiro atoms. The summed E-state index contributed by atoms with van der Waals surface area (Å²) in [5.74, 6) is 0.801. The fourth-order valence-electron chi connectivity index (χ4n) is 9.18. The fraction of sp³-hybridized carbons (Fsp3) is 0.429. The smallest absolute Gasteiger partial charge is 0.227 e. The molecule has 0 saturated heterocycles. The topological polar surface area (TPSA) is 106 Å². The van der Waals surface area contributed by atoms with Gasteiger partial charge in [0.2, 0.25) is 5.91 Å². The molecule has 3 aliphatic carbocycles. The Morgan fingerprint density at radius 1 is 0.860 bits per heavy atom. The molecule has 4 aromatic carbocycles. The number of carbonyl (C=O) groups is 2. The van der Waals surface area contributed by atoms with E-state index in [1.165, 1.54) is 5.57 Å². The standard InChI is InChI=1S/C49H59NO7/c1-34-13-11-25-48(2)43(24-26-49(48,54)33-50(27-12-28-55-3)46(52)32-36-20-23-44(56-4)45(31-36)57-5)40-22-19-35(29-38(51)21-18-34)30-42(40)47(53)41-17-10-9-16-39(41)37-14-7-6-8-15-37/h6-10,13-17,19-20,22-23,30-31,38,43,51,54H,11-12,18,21,24-29,32-33H2,1-5H3/t38-,43-,48-,49+/m0/s1. The van der Waals surface area contributed by atoms with Crippen LogP contribution >= 0.6 is 0 Å². The lowest BCUT2D eigenvalue weighted by molar-refractivity contribution is -0.139. The van der Waals surface area contributed by atoms with Crippen LogP contribution < -0.4 is 9.47 Å². The van der Waals surface area contributed by atoms with Crippen LogP contribution in [0.5, 0.6) is 11.5 Å². The predicted molar refractivity (Wildman–Crippen MR) is 225 cm³/mol. The van der Waals surface area contributed by atoms with Gasteiger partial charge in [0.1, 0.15) is 0 Å². The van der Waals surface area contributed by atoms with Crippen LogP contribution in [0.15, 0.2) is 103 Å². The van der Waals surface area contributed by atoms with Crippen molar-refractivity contribution in [2.45, 2.75) is 89.3 Å². The molecule has 302 valence electrons. The summed E-state index contributed by atoms with van der Waals surface area (Å²) < 4.78 is 16.3. The van der Waals surface area contributed by atoms with Gasteiger partial charge in [-0.3, -0.25) is 9.59 Å². The Balaban J connectivity index is 1.41. The third-order valence-corrected chi connectivity index (χ3v) is 12.6. The Bertz CT molecular complexity index is 2040. The number of amides is 1. The summed E-state index contributed by atoms with van der Waals surface area (Å²) in [6.07, 6.45) is 6.77. The molecule has 2 N–H and O–H groups in total. The van der Waals surface area contributed by atoms with Crippen molar-refractivity contribution in [1.82, 2.24) is 4.90 Å². The molecular formula is C49H59NO7. The summed E-state index contributed by atoms with van der Waals surface area (Å²) in [5, 5.41) is 24.3. The molecular weight excluding hydrogens is 715 g/mol. The van der Waals surface area contributed by atoms with Gasteiger partial charge in [-0.2, -0.15) is 0 Å². The highest BCUT2D eigenvalue weighted by Crippen LogP contribution is 2.59. The second-order valence-electron chi connectivity index (χ2n) is 16.2. The number of nitrogens with zero attached hydrogens (tertiary/aromatic N) is 1. The number of aliphatic hydroxyl groups is 2. The second kappa shape index (κ2) is 18.7. The summed E-state index contributed by atoms with van der Waals surface area (Å²) in [4.78, 5) is 31.1. The zero-order valence-corrected chi connectivity index (χ0v) is 34.3. The number of ether oxygens (including phenoxy) is 3. The van der Waals surface area contributed by atoms with Crippen LogP contribution in [0.1, 0.15) is 97.3 Å². The van der Waals surface area contributed by atoms with Gasteiger partial charge in [0, 0.05) is 43.3 Å².